The van der Waals surface area contributed by atoms with Gasteiger partial charge in [0.05, 0.1) is 15.6 Å². The van der Waals surface area contributed by atoms with Gasteiger partial charge in [0.25, 0.3) is 0 Å². The largest absolute Gasteiger partial charge is 0.430 e. The number of hydrogen-bond donors (Lipinski definition) is 1. The van der Waals surface area contributed by atoms with Gasteiger partial charge in [-0.05, 0) is 22.0 Å². The van der Waals surface area contributed by atoms with Crippen LogP contribution in [0.2, 0.25) is 0 Å². The van der Waals surface area contributed by atoms with Gasteiger partial charge in [0.1, 0.15) is 5.82 Å². The van der Waals surface area contributed by atoms with Crippen molar-refractivity contribution in [3.05, 3.63) is 44.8 Å². The summed E-state index contributed by atoms with van der Waals surface area (Å²) in [4.78, 5) is 17.6. The lowest BCUT2D eigenvalue weighted by Crippen LogP contribution is -1.99. The summed E-state index contributed by atoms with van der Waals surface area (Å²) in [7, 11) is 0. The second kappa shape index (κ2) is 5.14. The van der Waals surface area contributed by atoms with Gasteiger partial charge in [-0.15, -0.1) is 0 Å². The predicted octanol–water partition coefficient (Wildman–Crippen LogP) is 2.66. The summed E-state index contributed by atoms with van der Waals surface area (Å²) in [6.45, 7) is 0. The predicted molar refractivity (Wildman–Crippen MR) is 67.3 cm³/mol. The van der Waals surface area contributed by atoms with Crippen molar-refractivity contribution in [1.29, 1.82) is 0 Å². The van der Waals surface area contributed by atoms with Gasteiger partial charge in [-0.3, -0.25) is 10.1 Å². The van der Waals surface area contributed by atoms with Gasteiger partial charge in [-0.25, -0.2) is 9.37 Å². The standard InChI is InChI=1S/C10H6BrFN4O3/c11-6-4-14-10(13)15-9(6)19-8-3-5(12)1-2-7(8)16(17)18/h1-4H,(H2,13,14,15). The molecule has 0 saturated carbocycles. The number of benzene rings is 1. The van der Waals surface area contributed by atoms with Crippen LogP contribution in [-0.4, -0.2) is 14.9 Å². The fourth-order valence-corrected chi connectivity index (χ4v) is 1.53. The van der Waals surface area contributed by atoms with Crippen LogP contribution in [0.3, 0.4) is 0 Å². The molecule has 2 N–H and O–H groups in total. The number of hydrogen-bond acceptors (Lipinski definition) is 6. The summed E-state index contributed by atoms with van der Waals surface area (Å²) in [5.41, 5.74) is 4.99. The van der Waals surface area contributed by atoms with Crippen molar-refractivity contribution >= 4 is 27.6 Å². The Morgan fingerprint density at radius 3 is 2.89 bits per heavy atom. The molecule has 0 saturated heterocycles. The van der Waals surface area contributed by atoms with Crippen molar-refractivity contribution in [2.45, 2.75) is 0 Å². The van der Waals surface area contributed by atoms with Gasteiger partial charge in [-0.1, -0.05) is 0 Å². The fraction of sp³-hybridized carbons (Fsp3) is 0. The highest BCUT2D eigenvalue weighted by Crippen LogP contribution is 2.34. The molecule has 0 amide bonds. The highest BCUT2D eigenvalue weighted by molar-refractivity contribution is 9.10. The number of nitrogens with zero attached hydrogens (tertiary/aromatic N) is 3. The molecule has 0 unspecified atom stereocenters. The lowest BCUT2D eigenvalue weighted by molar-refractivity contribution is -0.385. The molecular formula is C10H6BrFN4O3. The Balaban J connectivity index is 2.45. The summed E-state index contributed by atoms with van der Waals surface area (Å²) >= 11 is 3.10. The van der Waals surface area contributed by atoms with E-state index in [0.29, 0.717) is 4.47 Å². The quantitative estimate of drug-likeness (QED) is 0.686. The van der Waals surface area contributed by atoms with Crippen molar-refractivity contribution in [2.75, 3.05) is 5.73 Å². The summed E-state index contributed by atoms with van der Waals surface area (Å²) < 4.78 is 18.7. The molecule has 0 fully saturated rings. The van der Waals surface area contributed by atoms with Crippen molar-refractivity contribution in [2.24, 2.45) is 0 Å². The van der Waals surface area contributed by atoms with E-state index in [1.54, 1.807) is 0 Å². The normalized spacial score (nSPS) is 10.2. The number of rotatable bonds is 3. The average Bonchev–Trinajstić information content (AvgIpc) is 2.33. The van der Waals surface area contributed by atoms with E-state index in [4.69, 9.17) is 10.5 Å². The number of nitrogen functional groups attached to an aromatic ring is 1. The zero-order valence-electron chi connectivity index (χ0n) is 9.21. The highest BCUT2D eigenvalue weighted by Gasteiger charge is 2.18. The molecule has 2 aromatic rings. The Morgan fingerprint density at radius 2 is 2.21 bits per heavy atom. The number of nitro groups is 1. The Kier molecular flexibility index (Phi) is 3.56. The lowest BCUT2D eigenvalue weighted by atomic mass is 10.3. The first-order valence-electron chi connectivity index (χ1n) is 4.87. The van der Waals surface area contributed by atoms with E-state index in [9.17, 15) is 14.5 Å². The number of aromatic nitrogens is 2. The van der Waals surface area contributed by atoms with Crippen LogP contribution in [-0.2, 0) is 0 Å². The van der Waals surface area contributed by atoms with Gasteiger partial charge < -0.3 is 10.5 Å². The molecule has 19 heavy (non-hydrogen) atoms. The number of anilines is 1. The Hall–Kier alpha value is -2.29. The van der Waals surface area contributed by atoms with Crippen LogP contribution in [0.1, 0.15) is 0 Å². The Labute approximate surface area is 114 Å². The van der Waals surface area contributed by atoms with E-state index < -0.39 is 10.7 Å². The van der Waals surface area contributed by atoms with Gasteiger partial charge in [0.2, 0.25) is 17.6 Å². The second-order valence-electron chi connectivity index (χ2n) is 3.35. The van der Waals surface area contributed by atoms with Crippen LogP contribution < -0.4 is 10.5 Å². The smallest absolute Gasteiger partial charge is 0.311 e. The monoisotopic (exact) mass is 328 g/mol. The summed E-state index contributed by atoms with van der Waals surface area (Å²) in [5, 5.41) is 10.8. The van der Waals surface area contributed by atoms with Crippen molar-refractivity contribution in [1.82, 2.24) is 9.97 Å². The van der Waals surface area contributed by atoms with E-state index in [1.807, 2.05) is 0 Å². The van der Waals surface area contributed by atoms with E-state index in [-0.39, 0.29) is 23.3 Å². The molecule has 0 aliphatic heterocycles. The first-order chi connectivity index (χ1) is 8.97. The maximum Gasteiger partial charge on any atom is 0.311 e. The SMILES string of the molecule is Nc1ncc(Br)c(Oc2cc(F)ccc2[N+](=O)[O-])n1. The molecule has 0 spiro atoms. The van der Waals surface area contributed by atoms with E-state index in [2.05, 4.69) is 25.9 Å². The van der Waals surface area contributed by atoms with Crippen LogP contribution in [0.15, 0.2) is 28.9 Å². The van der Waals surface area contributed by atoms with Crippen LogP contribution in [0.4, 0.5) is 16.0 Å². The molecule has 0 bridgehead atoms. The third-order valence-electron chi connectivity index (χ3n) is 2.06. The summed E-state index contributed by atoms with van der Waals surface area (Å²) in [6, 6.07) is 2.86. The maximum absolute atomic E-state index is 13.1. The first kappa shape index (κ1) is 13.1. The topological polar surface area (TPSA) is 104 Å². The molecule has 0 aliphatic carbocycles. The summed E-state index contributed by atoms with van der Waals surface area (Å²) in [5.74, 6) is -1.05. The molecule has 0 atom stereocenters. The molecule has 2 rings (SSSR count). The zero-order valence-corrected chi connectivity index (χ0v) is 10.8. The molecule has 9 heteroatoms. The van der Waals surface area contributed by atoms with Crippen LogP contribution in [0.25, 0.3) is 0 Å². The fourth-order valence-electron chi connectivity index (χ4n) is 1.26. The molecule has 1 aromatic heterocycles. The van der Waals surface area contributed by atoms with E-state index >= 15 is 0 Å². The van der Waals surface area contributed by atoms with E-state index in [1.165, 1.54) is 6.20 Å². The number of nitrogens with two attached hydrogens (primary N) is 1. The number of ether oxygens (including phenoxy) is 1. The Morgan fingerprint density at radius 1 is 1.47 bits per heavy atom. The van der Waals surface area contributed by atoms with Gasteiger partial charge in [0, 0.05) is 12.1 Å². The van der Waals surface area contributed by atoms with Crippen molar-refractivity contribution in [3.63, 3.8) is 0 Å². The van der Waals surface area contributed by atoms with Crippen LogP contribution >= 0.6 is 15.9 Å². The van der Waals surface area contributed by atoms with Gasteiger partial charge >= 0.3 is 5.69 Å². The first-order valence-corrected chi connectivity index (χ1v) is 5.66. The number of nitro benzene ring substituents is 1. The third kappa shape index (κ3) is 2.94. The highest BCUT2D eigenvalue weighted by atomic mass is 79.9. The maximum atomic E-state index is 13.1. The molecule has 7 nitrogen and oxygen atoms in total. The molecule has 98 valence electrons. The van der Waals surface area contributed by atoms with Gasteiger partial charge in [0.15, 0.2) is 0 Å². The average molecular weight is 329 g/mol. The van der Waals surface area contributed by atoms with Crippen molar-refractivity contribution < 1.29 is 14.1 Å². The second-order valence-corrected chi connectivity index (χ2v) is 4.21. The molecule has 1 aromatic carbocycles. The molecule has 0 aliphatic rings. The van der Waals surface area contributed by atoms with E-state index in [0.717, 1.165) is 18.2 Å². The van der Waals surface area contributed by atoms with Crippen LogP contribution in [0.5, 0.6) is 11.6 Å². The van der Waals surface area contributed by atoms with Crippen LogP contribution in [0, 0.1) is 15.9 Å². The minimum atomic E-state index is -0.687. The van der Waals surface area contributed by atoms with Crippen molar-refractivity contribution in [3.8, 4) is 11.6 Å². The third-order valence-corrected chi connectivity index (χ3v) is 2.60. The molecule has 0 radical (unpaired) electrons. The number of halogens is 2. The molecular weight excluding hydrogens is 323 g/mol. The summed E-state index contributed by atoms with van der Waals surface area (Å²) in [6.07, 6.45) is 1.32. The lowest BCUT2D eigenvalue weighted by Gasteiger charge is -2.07. The minimum Gasteiger partial charge on any atom is -0.430 e. The van der Waals surface area contributed by atoms with Gasteiger partial charge in [-0.2, -0.15) is 4.98 Å². The minimum absolute atomic E-state index is 0.0406. The molecule has 1 heterocycles. The Bertz CT molecular complexity index is 653. The zero-order chi connectivity index (χ0) is 14.0.